The van der Waals surface area contributed by atoms with Crippen LogP contribution in [0.25, 0.3) is 0 Å². The molecule has 0 amide bonds. The molecule has 1 aromatic carbocycles. The minimum Gasteiger partial charge on any atom is -0.465 e. The Balaban J connectivity index is 1.81. The highest BCUT2D eigenvalue weighted by Crippen LogP contribution is 2.28. The first kappa shape index (κ1) is 10.0. The average molecular weight is 205 g/mol. The van der Waals surface area contributed by atoms with Gasteiger partial charge in [-0.25, -0.2) is 0 Å². The van der Waals surface area contributed by atoms with Gasteiger partial charge in [-0.2, -0.15) is 0 Å². The van der Waals surface area contributed by atoms with Crippen molar-refractivity contribution in [3.63, 3.8) is 0 Å². The molecule has 1 aliphatic rings. The SMILES string of the molecule is Nc1cccc(CC(=O)OCC2CC2)c1. The largest absolute Gasteiger partial charge is 0.465 e. The zero-order chi connectivity index (χ0) is 10.7. The van der Waals surface area contributed by atoms with Crippen LogP contribution in [0, 0.1) is 5.92 Å². The van der Waals surface area contributed by atoms with Gasteiger partial charge in [-0.15, -0.1) is 0 Å². The van der Waals surface area contributed by atoms with Crippen molar-refractivity contribution in [1.82, 2.24) is 0 Å². The number of carbonyl (C=O) groups excluding carboxylic acids is 1. The van der Waals surface area contributed by atoms with E-state index in [4.69, 9.17) is 10.5 Å². The molecule has 1 aromatic rings. The summed E-state index contributed by atoms with van der Waals surface area (Å²) in [5.74, 6) is 0.460. The van der Waals surface area contributed by atoms with Crippen molar-refractivity contribution in [2.75, 3.05) is 12.3 Å². The van der Waals surface area contributed by atoms with Crippen LogP contribution in [0.1, 0.15) is 18.4 Å². The molecule has 80 valence electrons. The van der Waals surface area contributed by atoms with Crippen molar-refractivity contribution in [2.24, 2.45) is 5.92 Å². The second-order valence-electron chi connectivity index (χ2n) is 4.05. The maximum Gasteiger partial charge on any atom is 0.310 e. The predicted molar refractivity (Wildman–Crippen MR) is 58.2 cm³/mol. The summed E-state index contributed by atoms with van der Waals surface area (Å²) in [7, 11) is 0. The number of nitrogens with two attached hydrogens (primary N) is 1. The number of anilines is 1. The number of hydrogen-bond acceptors (Lipinski definition) is 3. The third-order valence-electron chi connectivity index (χ3n) is 2.48. The Kier molecular flexibility index (Phi) is 2.90. The maximum absolute atomic E-state index is 11.4. The minimum absolute atomic E-state index is 0.160. The maximum atomic E-state index is 11.4. The van der Waals surface area contributed by atoms with Crippen LogP contribution < -0.4 is 5.73 Å². The molecular weight excluding hydrogens is 190 g/mol. The summed E-state index contributed by atoms with van der Waals surface area (Å²) in [5.41, 5.74) is 7.21. The van der Waals surface area contributed by atoms with Crippen molar-refractivity contribution < 1.29 is 9.53 Å². The molecule has 0 spiro atoms. The predicted octanol–water partition coefficient (Wildman–Crippen LogP) is 1.76. The summed E-state index contributed by atoms with van der Waals surface area (Å²) < 4.78 is 5.13. The fraction of sp³-hybridized carbons (Fsp3) is 0.417. The smallest absolute Gasteiger partial charge is 0.310 e. The Morgan fingerprint density at radius 3 is 2.93 bits per heavy atom. The van der Waals surface area contributed by atoms with Crippen LogP contribution in [0.15, 0.2) is 24.3 Å². The summed E-state index contributed by atoms with van der Waals surface area (Å²) in [5, 5.41) is 0. The highest BCUT2D eigenvalue weighted by atomic mass is 16.5. The second kappa shape index (κ2) is 4.34. The van der Waals surface area contributed by atoms with E-state index in [1.54, 1.807) is 12.1 Å². The number of rotatable bonds is 4. The first-order chi connectivity index (χ1) is 7.24. The van der Waals surface area contributed by atoms with Crippen LogP contribution in [-0.2, 0) is 16.0 Å². The van der Waals surface area contributed by atoms with Crippen LogP contribution in [0.2, 0.25) is 0 Å². The van der Waals surface area contributed by atoms with Crippen LogP contribution in [0.5, 0.6) is 0 Å². The lowest BCUT2D eigenvalue weighted by Gasteiger charge is -2.04. The second-order valence-corrected chi connectivity index (χ2v) is 4.05. The van der Waals surface area contributed by atoms with Gasteiger partial charge in [-0.05, 0) is 36.5 Å². The van der Waals surface area contributed by atoms with E-state index >= 15 is 0 Å². The van der Waals surface area contributed by atoms with Gasteiger partial charge in [-0.3, -0.25) is 4.79 Å². The fourth-order valence-corrected chi connectivity index (χ4v) is 1.42. The standard InChI is InChI=1S/C12H15NO2/c13-11-3-1-2-10(6-11)7-12(14)15-8-9-4-5-9/h1-3,6,9H,4-5,7-8,13H2. The molecule has 2 rings (SSSR count). The summed E-state index contributed by atoms with van der Waals surface area (Å²) in [6.45, 7) is 0.584. The lowest BCUT2D eigenvalue weighted by molar-refractivity contribution is -0.143. The van der Waals surface area contributed by atoms with Crippen LogP contribution >= 0.6 is 0 Å². The summed E-state index contributed by atoms with van der Waals surface area (Å²) in [4.78, 5) is 11.4. The quantitative estimate of drug-likeness (QED) is 0.602. The Hall–Kier alpha value is -1.51. The average Bonchev–Trinajstić information content (AvgIpc) is 2.98. The molecule has 15 heavy (non-hydrogen) atoms. The molecule has 0 aliphatic heterocycles. The first-order valence-electron chi connectivity index (χ1n) is 5.24. The topological polar surface area (TPSA) is 52.3 Å². The molecule has 0 aromatic heterocycles. The zero-order valence-corrected chi connectivity index (χ0v) is 8.61. The zero-order valence-electron chi connectivity index (χ0n) is 8.61. The minimum atomic E-state index is -0.160. The normalized spacial score (nSPS) is 14.9. The lowest BCUT2D eigenvalue weighted by atomic mass is 10.1. The van der Waals surface area contributed by atoms with E-state index in [-0.39, 0.29) is 5.97 Å². The van der Waals surface area contributed by atoms with Gasteiger partial charge in [0.15, 0.2) is 0 Å². The van der Waals surface area contributed by atoms with Crippen molar-refractivity contribution in [1.29, 1.82) is 0 Å². The first-order valence-corrected chi connectivity index (χ1v) is 5.24. The molecule has 0 unspecified atom stereocenters. The molecule has 0 radical (unpaired) electrons. The number of benzene rings is 1. The molecular formula is C12H15NO2. The van der Waals surface area contributed by atoms with Crippen molar-refractivity contribution in [3.8, 4) is 0 Å². The van der Waals surface area contributed by atoms with Crippen molar-refractivity contribution in [3.05, 3.63) is 29.8 Å². The van der Waals surface area contributed by atoms with Gasteiger partial charge < -0.3 is 10.5 Å². The lowest BCUT2D eigenvalue weighted by Crippen LogP contribution is -2.10. The fourth-order valence-electron chi connectivity index (χ4n) is 1.42. The Bertz CT molecular complexity index is 358. The van der Waals surface area contributed by atoms with E-state index in [0.29, 0.717) is 24.6 Å². The molecule has 3 heteroatoms. The van der Waals surface area contributed by atoms with E-state index in [2.05, 4.69) is 0 Å². The van der Waals surface area contributed by atoms with Crippen LogP contribution in [0.4, 0.5) is 5.69 Å². The van der Waals surface area contributed by atoms with Gasteiger partial charge >= 0.3 is 5.97 Å². The molecule has 1 saturated carbocycles. The van der Waals surface area contributed by atoms with Gasteiger partial charge in [-0.1, -0.05) is 12.1 Å². The van der Waals surface area contributed by atoms with Crippen LogP contribution in [-0.4, -0.2) is 12.6 Å². The molecule has 0 saturated heterocycles. The molecule has 0 heterocycles. The molecule has 3 nitrogen and oxygen atoms in total. The molecule has 0 atom stereocenters. The number of nitrogen functional groups attached to an aromatic ring is 1. The van der Waals surface area contributed by atoms with E-state index in [1.165, 1.54) is 12.8 Å². The van der Waals surface area contributed by atoms with Gasteiger partial charge in [0.2, 0.25) is 0 Å². The number of esters is 1. The van der Waals surface area contributed by atoms with Gasteiger partial charge in [0.1, 0.15) is 0 Å². The summed E-state index contributed by atoms with van der Waals surface area (Å²) in [6.07, 6.45) is 2.72. The highest BCUT2D eigenvalue weighted by molar-refractivity contribution is 5.73. The Morgan fingerprint density at radius 2 is 2.27 bits per heavy atom. The van der Waals surface area contributed by atoms with Gasteiger partial charge in [0.05, 0.1) is 13.0 Å². The van der Waals surface area contributed by atoms with Gasteiger partial charge in [0, 0.05) is 5.69 Å². The molecule has 1 aliphatic carbocycles. The van der Waals surface area contributed by atoms with Gasteiger partial charge in [0.25, 0.3) is 0 Å². The number of ether oxygens (including phenoxy) is 1. The van der Waals surface area contributed by atoms with E-state index in [0.717, 1.165) is 5.56 Å². The van der Waals surface area contributed by atoms with E-state index in [1.807, 2.05) is 12.1 Å². The van der Waals surface area contributed by atoms with Crippen molar-refractivity contribution >= 4 is 11.7 Å². The molecule has 1 fully saturated rings. The highest BCUT2D eigenvalue weighted by Gasteiger charge is 2.22. The third kappa shape index (κ3) is 3.27. The van der Waals surface area contributed by atoms with E-state index in [9.17, 15) is 4.79 Å². The Labute approximate surface area is 89.2 Å². The number of hydrogen-bond donors (Lipinski definition) is 1. The third-order valence-corrected chi connectivity index (χ3v) is 2.48. The summed E-state index contributed by atoms with van der Waals surface area (Å²) >= 11 is 0. The number of carbonyl (C=O) groups is 1. The van der Waals surface area contributed by atoms with E-state index < -0.39 is 0 Å². The molecule has 2 N–H and O–H groups in total. The Morgan fingerprint density at radius 1 is 1.47 bits per heavy atom. The molecule has 0 bridgehead atoms. The monoisotopic (exact) mass is 205 g/mol. The van der Waals surface area contributed by atoms with Crippen LogP contribution in [0.3, 0.4) is 0 Å². The summed E-state index contributed by atoms with van der Waals surface area (Å²) in [6, 6.07) is 7.34. The van der Waals surface area contributed by atoms with Crippen molar-refractivity contribution in [2.45, 2.75) is 19.3 Å².